The molecule has 2 unspecified atom stereocenters. The highest BCUT2D eigenvalue weighted by Crippen LogP contribution is 2.21. The van der Waals surface area contributed by atoms with Crippen molar-refractivity contribution in [3.05, 3.63) is 35.9 Å². The maximum Gasteiger partial charge on any atom is -0.0250 e. The van der Waals surface area contributed by atoms with Gasteiger partial charge in [-0.3, -0.25) is 0 Å². The van der Waals surface area contributed by atoms with Crippen LogP contribution < -0.4 is 0 Å². The van der Waals surface area contributed by atoms with E-state index in [0.717, 1.165) is 11.8 Å². The first-order chi connectivity index (χ1) is 7.24. The van der Waals surface area contributed by atoms with Crippen LogP contribution in [0.4, 0.5) is 0 Å². The highest BCUT2D eigenvalue weighted by Gasteiger charge is 2.11. The number of benzene rings is 1. The zero-order valence-electron chi connectivity index (χ0n) is 10.4. The molecule has 0 nitrogen and oxygen atoms in total. The SMILES string of the molecule is CCCCC(C)C(C)Cc1ccccc1. The minimum Gasteiger partial charge on any atom is -0.0654 e. The van der Waals surface area contributed by atoms with Gasteiger partial charge in [-0.2, -0.15) is 0 Å². The summed E-state index contributed by atoms with van der Waals surface area (Å²) < 4.78 is 0. The highest BCUT2D eigenvalue weighted by atomic mass is 14.2. The summed E-state index contributed by atoms with van der Waals surface area (Å²) >= 11 is 0. The van der Waals surface area contributed by atoms with Crippen LogP contribution in [0.2, 0.25) is 0 Å². The molecule has 0 aliphatic rings. The zero-order valence-corrected chi connectivity index (χ0v) is 10.4. The van der Waals surface area contributed by atoms with Crippen molar-refractivity contribution in [3.63, 3.8) is 0 Å². The zero-order chi connectivity index (χ0) is 11.1. The standard InChI is InChI=1S/C15H24/c1-4-5-9-13(2)14(3)12-15-10-7-6-8-11-15/h6-8,10-11,13-14H,4-5,9,12H2,1-3H3. The predicted molar refractivity (Wildman–Crippen MR) is 68.0 cm³/mol. The van der Waals surface area contributed by atoms with Crippen molar-refractivity contribution in [1.82, 2.24) is 0 Å². The molecule has 0 fully saturated rings. The van der Waals surface area contributed by atoms with E-state index in [9.17, 15) is 0 Å². The molecule has 1 aromatic rings. The van der Waals surface area contributed by atoms with E-state index in [0.29, 0.717) is 0 Å². The van der Waals surface area contributed by atoms with Crippen molar-refractivity contribution in [2.24, 2.45) is 11.8 Å². The van der Waals surface area contributed by atoms with Gasteiger partial charge >= 0.3 is 0 Å². The third-order valence-electron chi connectivity index (χ3n) is 3.38. The molecule has 0 aromatic heterocycles. The summed E-state index contributed by atoms with van der Waals surface area (Å²) in [6.45, 7) is 7.05. The van der Waals surface area contributed by atoms with E-state index in [1.54, 1.807) is 0 Å². The fraction of sp³-hybridized carbons (Fsp3) is 0.600. The molecule has 2 atom stereocenters. The van der Waals surface area contributed by atoms with Crippen molar-refractivity contribution in [2.75, 3.05) is 0 Å². The molecule has 0 amide bonds. The molecule has 0 N–H and O–H groups in total. The van der Waals surface area contributed by atoms with Crippen LogP contribution in [0, 0.1) is 11.8 Å². The Kier molecular flexibility index (Phi) is 5.45. The van der Waals surface area contributed by atoms with Gasteiger partial charge < -0.3 is 0 Å². The molecule has 0 saturated carbocycles. The number of unbranched alkanes of at least 4 members (excludes halogenated alkanes) is 1. The van der Waals surface area contributed by atoms with Crippen LogP contribution in [-0.4, -0.2) is 0 Å². The summed E-state index contributed by atoms with van der Waals surface area (Å²) in [5, 5.41) is 0. The monoisotopic (exact) mass is 204 g/mol. The first-order valence-corrected chi connectivity index (χ1v) is 6.28. The Balaban J connectivity index is 2.38. The summed E-state index contributed by atoms with van der Waals surface area (Å²) in [4.78, 5) is 0. The molecule has 0 saturated heterocycles. The Labute approximate surface area is 94.7 Å². The molecule has 1 rings (SSSR count). The predicted octanol–water partition coefficient (Wildman–Crippen LogP) is 4.69. The molecule has 15 heavy (non-hydrogen) atoms. The Hall–Kier alpha value is -0.780. The topological polar surface area (TPSA) is 0 Å². The second-order valence-corrected chi connectivity index (χ2v) is 4.79. The summed E-state index contributed by atoms with van der Waals surface area (Å²) in [6, 6.07) is 10.8. The molecule has 0 radical (unpaired) electrons. The van der Waals surface area contributed by atoms with Crippen LogP contribution >= 0.6 is 0 Å². The van der Waals surface area contributed by atoms with Crippen molar-refractivity contribution in [3.8, 4) is 0 Å². The summed E-state index contributed by atoms with van der Waals surface area (Å²) in [5.41, 5.74) is 1.48. The van der Waals surface area contributed by atoms with Crippen molar-refractivity contribution < 1.29 is 0 Å². The first-order valence-electron chi connectivity index (χ1n) is 6.28. The fourth-order valence-electron chi connectivity index (χ4n) is 2.00. The summed E-state index contributed by atoms with van der Waals surface area (Å²) in [5.74, 6) is 1.66. The van der Waals surface area contributed by atoms with Gasteiger partial charge in [0, 0.05) is 0 Å². The van der Waals surface area contributed by atoms with Crippen molar-refractivity contribution in [1.29, 1.82) is 0 Å². The molecular formula is C15H24. The number of rotatable bonds is 6. The molecule has 1 aromatic carbocycles. The van der Waals surface area contributed by atoms with E-state index >= 15 is 0 Å². The fourth-order valence-corrected chi connectivity index (χ4v) is 2.00. The second kappa shape index (κ2) is 6.66. The van der Waals surface area contributed by atoms with Crippen molar-refractivity contribution >= 4 is 0 Å². The third kappa shape index (κ3) is 4.51. The van der Waals surface area contributed by atoms with Gasteiger partial charge in [0.05, 0.1) is 0 Å². The van der Waals surface area contributed by atoms with E-state index in [2.05, 4.69) is 51.1 Å². The Morgan fingerprint density at radius 1 is 1.00 bits per heavy atom. The van der Waals surface area contributed by atoms with Gasteiger partial charge in [-0.15, -0.1) is 0 Å². The minimum absolute atomic E-state index is 0.805. The van der Waals surface area contributed by atoms with Crippen LogP contribution in [-0.2, 0) is 6.42 Å². The quantitative estimate of drug-likeness (QED) is 0.630. The van der Waals surface area contributed by atoms with Crippen LogP contribution in [0.1, 0.15) is 45.6 Å². The lowest BCUT2D eigenvalue weighted by molar-refractivity contribution is 0.353. The summed E-state index contributed by atoms with van der Waals surface area (Å²) in [7, 11) is 0. The molecule has 0 aliphatic heterocycles. The number of hydrogen-bond donors (Lipinski definition) is 0. The van der Waals surface area contributed by atoms with Gasteiger partial charge in [0.25, 0.3) is 0 Å². The van der Waals surface area contributed by atoms with Gasteiger partial charge in [-0.25, -0.2) is 0 Å². The average Bonchev–Trinajstić information content (AvgIpc) is 2.27. The smallest absolute Gasteiger partial charge is 0.0250 e. The highest BCUT2D eigenvalue weighted by molar-refractivity contribution is 5.15. The molecule has 0 heterocycles. The summed E-state index contributed by atoms with van der Waals surface area (Å²) in [6.07, 6.45) is 5.30. The number of hydrogen-bond acceptors (Lipinski definition) is 0. The molecule has 0 bridgehead atoms. The molecule has 0 aliphatic carbocycles. The molecular weight excluding hydrogens is 180 g/mol. The second-order valence-electron chi connectivity index (χ2n) is 4.79. The average molecular weight is 204 g/mol. The Bertz CT molecular complexity index is 250. The van der Waals surface area contributed by atoms with E-state index in [4.69, 9.17) is 0 Å². The normalized spacial score (nSPS) is 14.9. The lowest BCUT2D eigenvalue weighted by Gasteiger charge is -2.19. The largest absolute Gasteiger partial charge is 0.0654 e. The van der Waals surface area contributed by atoms with Crippen LogP contribution in [0.5, 0.6) is 0 Å². The van der Waals surface area contributed by atoms with Crippen LogP contribution in [0.3, 0.4) is 0 Å². The van der Waals surface area contributed by atoms with E-state index in [-0.39, 0.29) is 0 Å². The first kappa shape index (κ1) is 12.3. The third-order valence-corrected chi connectivity index (χ3v) is 3.38. The Morgan fingerprint density at radius 2 is 1.67 bits per heavy atom. The molecule has 0 heteroatoms. The van der Waals surface area contributed by atoms with Crippen LogP contribution in [0.25, 0.3) is 0 Å². The Morgan fingerprint density at radius 3 is 2.27 bits per heavy atom. The maximum atomic E-state index is 2.39. The van der Waals surface area contributed by atoms with E-state index in [1.807, 2.05) is 0 Å². The molecule has 0 spiro atoms. The molecule has 84 valence electrons. The van der Waals surface area contributed by atoms with Gasteiger partial charge in [0.2, 0.25) is 0 Å². The van der Waals surface area contributed by atoms with Gasteiger partial charge in [0.15, 0.2) is 0 Å². The van der Waals surface area contributed by atoms with E-state index in [1.165, 1.54) is 31.2 Å². The van der Waals surface area contributed by atoms with Crippen molar-refractivity contribution in [2.45, 2.75) is 46.5 Å². The lowest BCUT2D eigenvalue weighted by Crippen LogP contribution is -2.10. The van der Waals surface area contributed by atoms with Gasteiger partial charge in [-0.1, -0.05) is 70.4 Å². The maximum absolute atomic E-state index is 2.39. The lowest BCUT2D eigenvalue weighted by atomic mass is 9.86. The minimum atomic E-state index is 0.805. The van der Waals surface area contributed by atoms with E-state index < -0.39 is 0 Å². The van der Waals surface area contributed by atoms with Crippen LogP contribution in [0.15, 0.2) is 30.3 Å². The van der Waals surface area contributed by atoms with Gasteiger partial charge in [-0.05, 0) is 23.8 Å². The van der Waals surface area contributed by atoms with Gasteiger partial charge in [0.1, 0.15) is 0 Å².